The van der Waals surface area contributed by atoms with Gasteiger partial charge in [0, 0.05) is 17.2 Å². The highest BCUT2D eigenvalue weighted by Gasteiger charge is 2.10. The molecular weight excluding hydrogens is 258 g/mol. The van der Waals surface area contributed by atoms with Gasteiger partial charge >= 0.3 is 0 Å². The van der Waals surface area contributed by atoms with Gasteiger partial charge in [-0.1, -0.05) is 24.4 Å². The second-order valence-corrected chi connectivity index (χ2v) is 5.35. The molecule has 0 saturated carbocycles. The van der Waals surface area contributed by atoms with Crippen molar-refractivity contribution in [2.75, 3.05) is 20.6 Å². The maximum absolute atomic E-state index is 12.0. The number of thiocarbonyl (C=S) groups is 1. The van der Waals surface area contributed by atoms with E-state index in [1.54, 1.807) is 24.3 Å². The Kier molecular flexibility index (Phi) is 5.92. The van der Waals surface area contributed by atoms with Gasteiger partial charge in [-0.05, 0) is 46.1 Å². The first-order chi connectivity index (χ1) is 8.90. The minimum absolute atomic E-state index is 0.0688. The number of nitrogens with zero attached hydrogens (tertiary/aromatic N) is 1. The predicted molar refractivity (Wildman–Crippen MR) is 82.4 cm³/mol. The highest BCUT2D eigenvalue weighted by atomic mass is 32.1. The summed E-state index contributed by atoms with van der Waals surface area (Å²) < 4.78 is 0. The van der Waals surface area contributed by atoms with Gasteiger partial charge < -0.3 is 16.0 Å². The van der Waals surface area contributed by atoms with Gasteiger partial charge in [-0.25, -0.2) is 0 Å². The quantitative estimate of drug-likeness (QED) is 0.773. The van der Waals surface area contributed by atoms with Crippen LogP contribution in [0.5, 0.6) is 0 Å². The van der Waals surface area contributed by atoms with Gasteiger partial charge in [-0.15, -0.1) is 0 Å². The lowest BCUT2D eigenvalue weighted by Gasteiger charge is -2.16. The molecule has 0 aliphatic heterocycles. The molecule has 0 aromatic heterocycles. The van der Waals surface area contributed by atoms with Crippen LogP contribution in [-0.2, 0) is 0 Å². The first-order valence-corrected chi connectivity index (χ1v) is 6.66. The van der Waals surface area contributed by atoms with Gasteiger partial charge in [-0.2, -0.15) is 0 Å². The molecule has 104 valence electrons. The molecule has 1 rings (SSSR count). The van der Waals surface area contributed by atoms with E-state index in [4.69, 9.17) is 18.0 Å². The second kappa shape index (κ2) is 7.21. The molecule has 4 nitrogen and oxygen atoms in total. The molecule has 0 radical (unpaired) electrons. The smallest absolute Gasteiger partial charge is 0.251 e. The number of hydrogen-bond acceptors (Lipinski definition) is 3. The van der Waals surface area contributed by atoms with E-state index >= 15 is 0 Å². The summed E-state index contributed by atoms with van der Waals surface area (Å²) in [6.45, 7) is 2.95. The minimum Gasteiger partial charge on any atom is -0.389 e. The largest absolute Gasteiger partial charge is 0.389 e. The van der Waals surface area contributed by atoms with E-state index in [1.165, 1.54) is 0 Å². The van der Waals surface area contributed by atoms with Crippen molar-refractivity contribution in [3.05, 3.63) is 35.4 Å². The van der Waals surface area contributed by atoms with Crippen molar-refractivity contribution in [3.8, 4) is 0 Å². The Morgan fingerprint density at radius 1 is 1.32 bits per heavy atom. The van der Waals surface area contributed by atoms with Crippen molar-refractivity contribution < 1.29 is 4.79 Å². The molecule has 0 aliphatic rings. The highest BCUT2D eigenvalue weighted by molar-refractivity contribution is 7.80. The van der Waals surface area contributed by atoms with Gasteiger partial charge in [0.25, 0.3) is 5.91 Å². The lowest BCUT2D eigenvalue weighted by molar-refractivity contribution is 0.0937. The summed E-state index contributed by atoms with van der Waals surface area (Å²) >= 11 is 4.87. The van der Waals surface area contributed by atoms with Crippen LogP contribution in [0.2, 0.25) is 0 Å². The van der Waals surface area contributed by atoms with Crippen molar-refractivity contribution in [2.45, 2.75) is 19.4 Å². The van der Waals surface area contributed by atoms with Crippen LogP contribution in [0.3, 0.4) is 0 Å². The second-order valence-electron chi connectivity index (χ2n) is 4.91. The zero-order valence-electron chi connectivity index (χ0n) is 11.6. The molecular formula is C14H21N3OS. The Morgan fingerprint density at radius 2 is 1.84 bits per heavy atom. The van der Waals surface area contributed by atoms with Gasteiger partial charge in [0.05, 0.1) is 0 Å². The van der Waals surface area contributed by atoms with Gasteiger partial charge in [-0.3, -0.25) is 4.79 Å². The van der Waals surface area contributed by atoms with Crippen molar-refractivity contribution >= 4 is 23.1 Å². The van der Waals surface area contributed by atoms with E-state index in [0.717, 1.165) is 18.5 Å². The first-order valence-electron chi connectivity index (χ1n) is 6.25. The molecule has 1 aromatic rings. The fraction of sp³-hybridized carbons (Fsp3) is 0.429. The van der Waals surface area contributed by atoms with Crippen LogP contribution in [0, 0.1) is 0 Å². The summed E-state index contributed by atoms with van der Waals surface area (Å²) in [4.78, 5) is 14.4. The number of carbonyl (C=O) groups excluding carboxylic acids is 1. The summed E-state index contributed by atoms with van der Waals surface area (Å²) in [5, 5.41) is 2.97. The maximum atomic E-state index is 12.0. The molecule has 5 heteroatoms. The average Bonchev–Trinajstić information content (AvgIpc) is 2.36. The zero-order valence-corrected chi connectivity index (χ0v) is 12.5. The van der Waals surface area contributed by atoms with Crippen LogP contribution in [-0.4, -0.2) is 42.5 Å². The third-order valence-corrected chi connectivity index (χ3v) is 3.05. The van der Waals surface area contributed by atoms with E-state index < -0.39 is 0 Å². The van der Waals surface area contributed by atoms with Crippen LogP contribution >= 0.6 is 12.2 Å². The molecule has 0 fully saturated rings. The van der Waals surface area contributed by atoms with Crippen molar-refractivity contribution in [1.82, 2.24) is 10.2 Å². The molecule has 19 heavy (non-hydrogen) atoms. The molecule has 0 bridgehead atoms. The molecule has 1 aromatic carbocycles. The summed E-state index contributed by atoms with van der Waals surface area (Å²) in [6, 6.07) is 7.15. The molecule has 0 heterocycles. The van der Waals surface area contributed by atoms with Crippen molar-refractivity contribution in [3.63, 3.8) is 0 Å². The summed E-state index contributed by atoms with van der Waals surface area (Å²) in [6.07, 6.45) is 0.920. The first kappa shape index (κ1) is 15.6. The normalized spacial score (nSPS) is 12.2. The van der Waals surface area contributed by atoms with E-state index in [-0.39, 0.29) is 11.9 Å². The lowest BCUT2D eigenvalue weighted by Crippen LogP contribution is -2.34. The van der Waals surface area contributed by atoms with Gasteiger partial charge in [0.15, 0.2) is 0 Å². The van der Waals surface area contributed by atoms with E-state index in [0.29, 0.717) is 10.6 Å². The number of hydrogen-bond donors (Lipinski definition) is 2. The number of rotatable bonds is 6. The lowest BCUT2D eigenvalue weighted by atomic mass is 10.1. The molecule has 1 unspecified atom stereocenters. The van der Waals surface area contributed by atoms with Gasteiger partial charge in [0.1, 0.15) is 4.99 Å². The third-order valence-electron chi connectivity index (χ3n) is 2.82. The predicted octanol–water partition coefficient (Wildman–Crippen LogP) is 1.39. The van der Waals surface area contributed by atoms with E-state index in [1.807, 2.05) is 21.0 Å². The Labute approximate surface area is 120 Å². The number of nitrogens with two attached hydrogens (primary N) is 1. The Morgan fingerprint density at radius 3 is 2.32 bits per heavy atom. The summed E-state index contributed by atoms with van der Waals surface area (Å²) in [7, 11) is 4.03. The van der Waals surface area contributed by atoms with Gasteiger partial charge in [0.2, 0.25) is 0 Å². The molecule has 0 saturated heterocycles. The molecule has 1 amide bonds. The summed E-state index contributed by atoms with van der Waals surface area (Å²) in [5.41, 5.74) is 6.91. The SMILES string of the molecule is CC(CCN(C)C)NC(=O)c1ccc(C(N)=S)cc1. The van der Waals surface area contributed by atoms with Crippen molar-refractivity contribution in [1.29, 1.82) is 0 Å². The van der Waals surface area contributed by atoms with Crippen LogP contribution in [0.25, 0.3) is 0 Å². The molecule has 3 N–H and O–H groups in total. The Bertz CT molecular complexity index is 443. The number of nitrogens with one attached hydrogen (secondary N) is 1. The third kappa shape index (κ3) is 5.36. The Hall–Kier alpha value is -1.46. The average molecular weight is 279 g/mol. The standard InChI is InChI=1S/C14H21N3OS/c1-10(8-9-17(2)3)16-14(18)12-6-4-11(5-7-12)13(15)19/h4-7,10H,8-9H2,1-3H3,(H2,15,19)(H,16,18). The van der Waals surface area contributed by atoms with Crippen LogP contribution in [0.4, 0.5) is 0 Å². The Balaban J connectivity index is 2.55. The van der Waals surface area contributed by atoms with Crippen LogP contribution in [0.1, 0.15) is 29.3 Å². The highest BCUT2D eigenvalue weighted by Crippen LogP contribution is 2.05. The molecule has 0 aliphatic carbocycles. The zero-order chi connectivity index (χ0) is 14.4. The summed E-state index contributed by atoms with van der Waals surface area (Å²) in [5.74, 6) is -0.0688. The maximum Gasteiger partial charge on any atom is 0.251 e. The van der Waals surface area contributed by atoms with Crippen molar-refractivity contribution in [2.24, 2.45) is 5.73 Å². The fourth-order valence-electron chi connectivity index (χ4n) is 1.62. The van der Waals surface area contributed by atoms with E-state index in [2.05, 4.69) is 10.2 Å². The number of amides is 1. The topological polar surface area (TPSA) is 58.4 Å². The number of carbonyl (C=O) groups is 1. The fourth-order valence-corrected chi connectivity index (χ4v) is 1.75. The van der Waals surface area contributed by atoms with Crippen LogP contribution in [0.15, 0.2) is 24.3 Å². The van der Waals surface area contributed by atoms with E-state index in [9.17, 15) is 4.79 Å². The number of benzene rings is 1. The minimum atomic E-state index is -0.0688. The monoisotopic (exact) mass is 279 g/mol. The molecule has 0 spiro atoms. The van der Waals surface area contributed by atoms with Crippen LogP contribution < -0.4 is 11.1 Å². The molecule has 1 atom stereocenters.